The first-order valence-corrected chi connectivity index (χ1v) is 9.45. The highest BCUT2D eigenvalue weighted by atomic mass is 35.5. The van der Waals surface area contributed by atoms with Crippen LogP contribution < -0.4 is 5.73 Å². The van der Waals surface area contributed by atoms with Gasteiger partial charge in [0.2, 0.25) is 0 Å². The van der Waals surface area contributed by atoms with Gasteiger partial charge in [-0.05, 0) is 24.6 Å². The average molecular weight is 455 g/mol. The van der Waals surface area contributed by atoms with Crippen LogP contribution in [0.3, 0.4) is 0 Å². The fraction of sp³-hybridized carbons (Fsp3) is 0.143. The van der Waals surface area contributed by atoms with Crippen molar-refractivity contribution < 1.29 is 22.7 Å². The van der Waals surface area contributed by atoms with Crippen molar-refractivity contribution in [3.63, 3.8) is 0 Å². The van der Waals surface area contributed by atoms with Gasteiger partial charge in [0.05, 0.1) is 10.7 Å². The van der Waals surface area contributed by atoms with Gasteiger partial charge in [0, 0.05) is 16.1 Å². The largest absolute Gasteiger partial charge is 0.456 e. The Morgan fingerprint density at radius 1 is 1.13 bits per heavy atom. The summed E-state index contributed by atoms with van der Waals surface area (Å²) in [4.78, 5) is 16.3. The molecular weight excluding hydrogens is 440 g/mol. The van der Waals surface area contributed by atoms with Crippen LogP contribution in [0.15, 0.2) is 42.5 Å². The summed E-state index contributed by atoms with van der Waals surface area (Å²) in [6.07, 6.45) is -1.76. The Bertz CT molecular complexity index is 1110. The lowest BCUT2D eigenvalue weighted by Crippen LogP contribution is -2.12. The first-order chi connectivity index (χ1) is 14.2. The number of ether oxygens (including phenoxy) is 1. The molecule has 2 N–H and O–H groups in total. The standard InChI is InChI=1S/C21H15Cl2F3N2O2/c1-10(24)14-13(22)8-7-12(16(14)25)19-17(26)18(27)15(23)20(28-19)21(29)30-9-11-5-3-2-4-6-11/h2-8,10H,9H2,1H3,(H2,27,28). The van der Waals surface area contributed by atoms with Gasteiger partial charge in [0.25, 0.3) is 0 Å². The second kappa shape index (κ2) is 8.93. The van der Waals surface area contributed by atoms with Crippen molar-refractivity contribution >= 4 is 34.9 Å². The van der Waals surface area contributed by atoms with Crippen LogP contribution in [0, 0.1) is 11.6 Å². The van der Waals surface area contributed by atoms with E-state index in [1.807, 2.05) is 0 Å². The molecule has 156 valence electrons. The molecule has 0 saturated heterocycles. The zero-order valence-corrected chi connectivity index (χ0v) is 17.1. The summed E-state index contributed by atoms with van der Waals surface area (Å²) in [5, 5.41) is -0.640. The zero-order chi connectivity index (χ0) is 22.0. The normalized spacial score (nSPS) is 11.9. The van der Waals surface area contributed by atoms with Gasteiger partial charge in [-0.2, -0.15) is 0 Å². The summed E-state index contributed by atoms with van der Waals surface area (Å²) in [5.41, 5.74) is 3.76. The fourth-order valence-corrected chi connectivity index (χ4v) is 3.28. The van der Waals surface area contributed by atoms with Crippen molar-refractivity contribution in [3.05, 3.63) is 81.0 Å². The highest BCUT2D eigenvalue weighted by Crippen LogP contribution is 2.38. The van der Waals surface area contributed by atoms with Crippen LogP contribution in [-0.2, 0) is 11.3 Å². The number of nitrogens with zero attached hydrogens (tertiary/aromatic N) is 1. The van der Waals surface area contributed by atoms with E-state index in [0.717, 1.165) is 13.0 Å². The van der Waals surface area contributed by atoms with Crippen molar-refractivity contribution in [2.45, 2.75) is 19.7 Å². The molecule has 0 amide bonds. The van der Waals surface area contributed by atoms with Crippen molar-refractivity contribution in [2.75, 3.05) is 5.73 Å². The summed E-state index contributed by atoms with van der Waals surface area (Å²) >= 11 is 11.8. The number of pyridine rings is 1. The number of esters is 1. The lowest BCUT2D eigenvalue weighted by Gasteiger charge is -2.14. The molecule has 3 aromatic rings. The molecule has 9 heteroatoms. The van der Waals surface area contributed by atoms with Gasteiger partial charge in [-0.1, -0.05) is 53.5 Å². The van der Waals surface area contributed by atoms with Crippen LogP contribution in [-0.4, -0.2) is 11.0 Å². The molecule has 1 atom stereocenters. The molecule has 3 rings (SSSR count). The Kier molecular flexibility index (Phi) is 6.53. The maximum Gasteiger partial charge on any atom is 0.358 e. The molecule has 1 aromatic heterocycles. The highest BCUT2D eigenvalue weighted by molar-refractivity contribution is 6.35. The predicted molar refractivity (Wildman–Crippen MR) is 109 cm³/mol. The van der Waals surface area contributed by atoms with Crippen molar-refractivity contribution in [2.24, 2.45) is 0 Å². The third-order valence-corrected chi connectivity index (χ3v) is 5.01. The second-order valence-electron chi connectivity index (χ2n) is 6.35. The quantitative estimate of drug-likeness (QED) is 0.459. The maximum atomic E-state index is 14.9. The first kappa shape index (κ1) is 21.9. The lowest BCUT2D eigenvalue weighted by molar-refractivity contribution is 0.0466. The minimum Gasteiger partial charge on any atom is -0.456 e. The van der Waals surface area contributed by atoms with Crippen LogP contribution in [0.4, 0.5) is 18.9 Å². The van der Waals surface area contributed by atoms with Crippen LogP contribution >= 0.6 is 23.2 Å². The Hall–Kier alpha value is -2.77. The Morgan fingerprint density at radius 2 is 1.80 bits per heavy atom. The number of anilines is 1. The number of aromatic nitrogens is 1. The molecule has 1 heterocycles. The van der Waals surface area contributed by atoms with Crippen molar-refractivity contribution in [1.82, 2.24) is 4.98 Å². The SMILES string of the molecule is CC(F)c1c(Cl)ccc(-c2nc(C(=O)OCc3ccccc3)c(Cl)c(N)c2F)c1F. The summed E-state index contributed by atoms with van der Waals surface area (Å²) in [6.45, 7) is 0.990. The van der Waals surface area contributed by atoms with E-state index in [1.54, 1.807) is 30.3 Å². The number of hydrogen-bond donors (Lipinski definition) is 1. The topological polar surface area (TPSA) is 65.2 Å². The Morgan fingerprint density at radius 3 is 2.43 bits per heavy atom. The van der Waals surface area contributed by atoms with Gasteiger partial charge in [0.1, 0.15) is 24.3 Å². The molecule has 0 spiro atoms. The summed E-state index contributed by atoms with van der Waals surface area (Å²) in [5.74, 6) is -3.25. The van der Waals surface area contributed by atoms with E-state index in [1.165, 1.54) is 6.07 Å². The molecule has 4 nitrogen and oxygen atoms in total. The third-order valence-electron chi connectivity index (χ3n) is 4.30. The van der Waals surface area contributed by atoms with Gasteiger partial charge in [-0.15, -0.1) is 0 Å². The molecule has 1 unspecified atom stereocenters. The van der Waals surface area contributed by atoms with Crippen LogP contribution in [0.25, 0.3) is 11.3 Å². The Balaban J connectivity index is 2.05. The summed E-state index contributed by atoms with van der Waals surface area (Å²) < 4.78 is 48.6. The Labute approximate surface area is 180 Å². The number of alkyl halides is 1. The molecular formula is C21H15Cl2F3N2O2. The van der Waals surface area contributed by atoms with Gasteiger partial charge < -0.3 is 10.5 Å². The molecule has 30 heavy (non-hydrogen) atoms. The van der Waals surface area contributed by atoms with Gasteiger partial charge in [-0.3, -0.25) is 0 Å². The van der Waals surface area contributed by atoms with Crippen LogP contribution in [0.2, 0.25) is 10.0 Å². The van der Waals surface area contributed by atoms with Crippen LogP contribution in [0.5, 0.6) is 0 Å². The second-order valence-corrected chi connectivity index (χ2v) is 7.14. The van der Waals surface area contributed by atoms with Gasteiger partial charge in [-0.25, -0.2) is 22.9 Å². The maximum absolute atomic E-state index is 14.9. The van der Waals surface area contributed by atoms with E-state index >= 15 is 0 Å². The van der Waals surface area contributed by atoms with E-state index in [2.05, 4.69) is 4.98 Å². The zero-order valence-electron chi connectivity index (χ0n) is 15.6. The molecule has 0 aliphatic heterocycles. The minimum atomic E-state index is -1.76. The number of carbonyl (C=O) groups excluding carboxylic acids is 1. The van der Waals surface area contributed by atoms with E-state index in [0.29, 0.717) is 5.56 Å². The molecule has 0 radical (unpaired) electrons. The van der Waals surface area contributed by atoms with E-state index in [4.69, 9.17) is 33.7 Å². The average Bonchev–Trinajstić information content (AvgIpc) is 2.72. The predicted octanol–water partition coefficient (Wildman–Crippen LogP) is 6.30. The molecule has 0 aliphatic carbocycles. The highest BCUT2D eigenvalue weighted by Gasteiger charge is 2.27. The van der Waals surface area contributed by atoms with Crippen molar-refractivity contribution in [1.29, 1.82) is 0 Å². The minimum absolute atomic E-state index is 0.0941. The number of benzene rings is 2. The number of hydrogen-bond acceptors (Lipinski definition) is 4. The number of nitrogens with two attached hydrogens (primary N) is 1. The summed E-state index contributed by atoms with van der Waals surface area (Å²) in [7, 11) is 0. The summed E-state index contributed by atoms with van der Waals surface area (Å²) in [6, 6.07) is 11.1. The smallest absolute Gasteiger partial charge is 0.358 e. The molecule has 0 fully saturated rings. The van der Waals surface area contributed by atoms with Crippen LogP contribution in [0.1, 0.15) is 34.7 Å². The van der Waals surface area contributed by atoms with E-state index in [9.17, 15) is 18.0 Å². The molecule has 0 bridgehead atoms. The monoisotopic (exact) mass is 454 g/mol. The number of rotatable bonds is 5. The van der Waals surface area contributed by atoms with Crippen molar-refractivity contribution in [3.8, 4) is 11.3 Å². The molecule has 0 aliphatic rings. The molecule has 0 saturated carbocycles. The van der Waals surface area contributed by atoms with E-state index < -0.39 is 57.0 Å². The number of halogens is 5. The fourth-order valence-electron chi connectivity index (χ4n) is 2.78. The lowest BCUT2D eigenvalue weighted by atomic mass is 10.0. The van der Waals surface area contributed by atoms with E-state index in [-0.39, 0.29) is 11.6 Å². The van der Waals surface area contributed by atoms with Gasteiger partial charge in [0.15, 0.2) is 11.5 Å². The number of carbonyl (C=O) groups is 1. The number of nitrogen functional groups attached to an aromatic ring is 1. The van der Waals surface area contributed by atoms with Gasteiger partial charge >= 0.3 is 5.97 Å². The third kappa shape index (κ3) is 4.22. The molecule has 2 aromatic carbocycles. The first-order valence-electron chi connectivity index (χ1n) is 8.70.